The second-order valence-corrected chi connectivity index (χ2v) is 7.64. The van der Waals surface area contributed by atoms with Crippen LogP contribution in [-0.2, 0) is 29.0 Å². The molecule has 5 nitrogen and oxygen atoms in total. The van der Waals surface area contributed by atoms with Crippen molar-refractivity contribution >= 4 is 34.2 Å². The number of amides is 3. The summed E-state index contributed by atoms with van der Waals surface area (Å²) in [4.78, 5) is 37.6. The van der Waals surface area contributed by atoms with Crippen LogP contribution < -0.4 is 5.32 Å². The quantitative estimate of drug-likeness (QED) is 0.695. The average molecular weight is 384 g/mol. The van der Waals surface area contributed by atoms with Gasteiger partial charge in [-0.2, -0.15) is 0 Å². The van der Waals surface area contributed by atoms with Crippen LogP contribution in [0.4, 0.5) is 5.69 Å². The molecule has 2 aliphatic rings. The predicted molar refractivity (Wildman–Crippen MR) is 111 cm³/mol. The minimum atomic E-state index is -0.177. The van der Waals surface area contributed by atoms with Gasteiger partial charge in [-0.3, -0.25) is 19.3 Å². The molecule has 3 aromatic carbocycles. The molecule has 0 spiro atoms. The third kappa shape index (κ3) is 3.09. The van der Waals surface area contributed by atoms with Gasteiger partial charge in [0.1, 0.15) is 0 Å². The molecule has 29 heavy (non-hydrogen) atoms. The third-order valence-corrected chi connectivity index (χ3v) is 5.84. The van der Waals surface area contributed by atoms with Gasteiger partial charge in [-0.1, -0.05) is 36.4 Å². The molecule has 1 aliphatic heterocycles. The van der Waals surface area contributed by atoms with E-state index in [4.69, 9.17) is 0 Å². The summed E-state index contributed by atoms with van der Waals surface area (Å²) >= 11 is 0. The van der Waals surface area contributed by atoms with E-state index >= 15 is 0 Å². The van der Waals surface area contributed by atoms with E-state index in [1.807, 2.05) is 12.1 Å². The largest absolute Gasteiger partial charge is 0.321 e. The number of likely N-dealkylation sites (tertiary alicyclic amines) is 1. The molecule has 1 heterocycles. The van der Waals surface area contributed by atoms with E-state index in [1.54, 1.807) is 24.3 Å². The summed E-state index contributed by atoms with van der Waals surface area (Å²) in [5, 5.41) is 5.37. The Balaban J connectivity index is 1.35. The fourth-order valence-electron chi connectivity index (χ4n) is 4.29. The summed E-state index contributed by atoms with van der Waals surface area (Å²) in [7, 11) is 0. The summed E-state index contributed by atoms with van der Waals surface area (Å²) in [6, 6.07) is 17.4. The molecule has 1 fully saturated rings. The van der Waals surface area contributed by atoms with E-state index in [0.717, 1.165) is 29.5 Å². The van der Waals surface area contributed by atoms with Gasteiger partial charge in [0.25, 0.3) is 5.91 Å². The van der Waals surface area contributed by atoms with Crippen LogP contribution in [0.3, 0.4) is 0 Å². The van der Waals surface area contributed by atoms with Crippen LogP contribution in [0.1, 0.15) is 39.9 Å². The number of nitrogens with zero attached hydrogens (tertiary/aromatic N) is 1. The molecule has 1 N–H and O–H groups in total. The smallest absolute Gasteiger partial charge is 0.255 e. The van der Waals surface area contributed by atoms with Gasteiger partial charge in [0.15, 0.2) is 0 Å². The number of carbonyl (C=O) groups excluding carboxylic acids is 3. The Hall–Kier alpha value is -3.47. The molecule has 5 rings (SSSR count). The lowest BCUT2D eigenvalue weighted by molar-refractivity contribution is -0.139. The Morgan fingerprint density at radius 1 is 0.828 bits per heavy atom. The topological polar surface area (TPSA) is 66.5 Å². The summed E-state index contributed by atoms with van der Waals surface area (Å²) in [5.41, 5.74) is 4.86. The fourth-order valence-corrected chi connectivity index (χ4v) is 4.29. The van der Waals surface area contributed by atoms with Gasteiger partial charge in [-0.15, -0.1) is 0 Å². The molecule has 0 unspecified atom stereocenters. The lowest BCUT2D eigenvalue weighted by Crippen LogP contribution is -2.28. The van der Waals surface area contributed by atoms with Crippen LogP contribution in [-0.4, -0.2) is 22.6 Å². The zero-order chi connectivity index (χ0) is 20.0. The van der Waals surface area contributed by atoms with Crippen molar-refractivity contribution in [3.05, 3.63) is 76.9 Å². The van der Waals surface area contributed by atoms with Gasteiger partial charge in [0.2, 0.25) is 11.8 Å². The normalized spacial score (nSPS) is 15.4. The SMILES string of the molecule is O=C(Nc1ccc2c3c(cccc13)CC2)c1ccc(CN2C(=O)CCC2=O)cc1. The zero-order valence-corrected chi connectivity index (χ0v) is 15.9. The van der Waals surface area contributed by atoms with Crippen LogP contribution in [0.25, 0.3) is 10.8 Å². The molecule has 1 aliphatic carbocycles. The summed E-state index contributed by atoms with van der Waals surface area (Å²) in [6.07, 6.45) is 2.67. The molecular formula is C24H20N2O3. The van der Waals surface area contributed by atoms with Crippen molar-refractivity contribution in [2.75, 3.05) is 5.32 Å². The number of benzene rings is 3. The Kier molecular flexibility index (Phi) is 4.16. The molecule has 0 radical (unpaired) electrons. The number of hydrogen-bond donors (Lipinski definition) is 1. The molecule has 3 aromatic rings. The lowest BCUT2D eigenvalue weighted by atomic mass is 10.0. The standard InChI is InChI=1S/C24H20N2O3/c27-21-12-13-22(28)26(21)14-15-4-6-18(7-5-15)24(29)25-20-11-10-17-9-8-16-2-1-3-19(20)23(16)17/h1-7,10-11H,8-9,12-14H2,(H,25,29). The van der Waals surface area contributed by atoms with Crippen LogP contribution in [0.15, 0.2) is 54.6 Å². The van der Waals surface area contributed by atoms with Crippen molar-refractivity contribution < 1.29 is 14.4 Å². The summed E-state index contributed by atoms with van der Waals surface area (Å²) in [6.45, 7) is 0.258. The third-order valence-electron chi connectivity index (χ3n) is 5.84. The first-order valence-corrected chi connectivity index (χ1v) is 9.87. The van der Waals surface area contributed by atoms with Crippen molar-refractivity contribution in [1.29, 1.82) is 0 Å². The predicted octanol–water partition coefficient (Wildman–Crippen LogP) is 3.84. The van der Waals surface area contributed by atoms with Gasteiger partial charge >= 0.3 is 0 Å². The van der Waals surface area contributed by atoms with Crippen molar-refractivity contribution in [3.8, 4) is 0 Å². The first-order chi connectivity index (χ1) is 14.1. The average Bonchev–Trinajstić information content (AvgIpc) is 3.30. The number of carbonyl (C=O) groups is 3. The van der Waals surface area contributed by atoms with Gasteiger partial charge in [0.05, 0.1) is 6.54 Å². The van der Waals surface area contributed by atoms with Crippen molar-refractivity contribution in [2.24, 2.45) is 0 Å². The van der Waals surface area contributed by atoms with E-state index in [-0.39, 0.29) is 37.1 Å². The van der Waals surface area contributed by atoms with Crippen LogP contribution >= 0.6 is 0 Å². The molecule has 0 aromatic heterocycles. The molecule has 3 amide bonds. The Morgan fingerprint density at radius 2 is 1.52 bits per heavy atom. The molecule has 0 atom stereocenters. The van der Waals surface area contributed by atoms with E-state index in [1.165, 1.54) is 21.4 Å². The number of aryl methyl sites for hydroxylation is 2. The minimum absolute atomic E-state index is 0.135. The van der Waals surface area contributed by atoms with Crippen LogP contribution in [0.2, 0.25) is 0 Å². The van der Waals surface area contributed by atoms with E-state index in [0.29, 0.717) is 5.56 Å². The number of hydrogen-bond acceptors (Lipinski definition) is 3. The minimum Gasteiger partial charge on any atom is -0.321 e. The van der Waals surface area contributed by atoms with E-state index in [9.17, 15) is 14.4 Å². The molecule has 144 valence electrons. The monoisotopic (exact) mass is 384 g/mol. The Labute approximate surface area is 168 Å². The maximum absolute atomic E-state index is 12.8. The Bertz CT molecular complexity index is 1140. The number of nitrogens with one attached hydrogen (secondary N) is 1. The van der Waals surface area contributed by atoms with Gasteiger partial charge in [-0.25, -0.2) is 0 Å². The van der Waals surface area contributed by atoms with Gasteiger partial charge in [0, 0.05) is 29.5 Å². The Morgan fingerprint density at radius 3 is 2.24 bits per heavy atom. The number of imide groups is 1. The zero-order valence-electron chi connectivity index (χ0n) is 15.9. The van der Waals surface area contributed by atoms with Crippen LogP contribution in [0, 0.1) is 0 Å². The lowest BCUT2D eigenvalue weighted by Gasteiger charge is -2.14. The molecule has 1 saturated heterocycles. The molecule has 0 saturated carbocycles. The van der Waals surface area contributed by atoms with Gasteiger partial charge < -0.3 is 5.32 Å². The van der Waals surface area contributed by atoms with Crippen molar-refractivity contribution in [3.63, 3.8) is 0 Å². The van der Waals surface area contributed by atoms with E-state index in [2.05, 4.69) is 23.5 Å². The second-order valence-electron chi connectivity index (χ2n) is 7.64. The maximum Gasteiger partial charge on any atom is 0.255 e. The molecular weight excluding hydrogens is 364 g/mol. The van der Waals surface area contributed by atoms with E-state index < -0.39 is 0 Å². The summed E-state index contributed by atoms with van der Waals surface area (Å²) in [5.74, 6) is -0.448. The van der Waals surface area contributed by atoms with Gasteiger partial charge in [-0.05, 0) is 53.1 Å². The fraction of sp³-hybridized carbons (Fsp3) is 0.208. The summed E-state index contributed by atoms with van der Waals surface area (Å²) < 4.78 is 0. The highest BCUT2D eigenvalue weighted by atomic mass is 16.2. The van der Waals surface area contributed by atoms with Crippen LogP contribution in [0.5, 0.6) is 0 Å². The van der Waals surface area contributed by atoms with Crippen molar-refractivity contribution in [1.82, 2.24) is 4.90 Å². The molecule has 5 heteroatoms. The highest BCUT2D eigenvalue weighted by molar-refractivity contribution is 6.10. The highest BCUT2D eigenvalue weighted by Crippen LogP contribution is 2.35. The molecule has 0 bridgehead atoms. The number of rotatable bonds is 4. The first-order valence-electron chi connectivity index (χ1n) is 9.87. The highest BCUT2D eigenvalue weighted by Gasteiger charge is 2.28. The number of anilines is 1. The maximum atomic E-state index is 12.8. The first kappa shape index (κ1) is 17.6. The van der Waals surface area contributed by atoms with Crippen molar-refractivity contribution in [2.45, 2.75) is 32.2 Å². The second kappa shape index (κ2) is 6.85.